The van der Waals surface area contributed by atoms with Crippen molar-refractivity contribution < 1.29 is 9.59 Å². The molecule has 106 valence electrons. The number of fused-ring (bicyclic) bond motifs is 3. The van der Waals surface area contributed by atoms with Crippen LogP contribution in [0.3, 0.4) is 0 Å². The highest BCUT2D eigenvalue weighted by atomic mass is 32.1. The van der Waals surface area contributed by atoms with Crippen LogP contribution in [-0.2, 0) is 0 Å². The van der Waals surface area contributed by atoms with E-state index in [1.165, 1.54) is 0 Å². The second-order valence-electron chi connectivity index (χ2n) is 5.32. The topological polar surface area (TPSA) is 34.1 Å². The van der Waals surface area contributed by atoms with Gasteiger partial charge in [-0.3, -0.25) is 9.59 Å². The molecule has 4 heteroatoms. The lowest BCUT2D eigenvalue weighted by Gasteiger charge is -2.18. The van der Waals surface area contributed by atoms with Crippen LogP contribution in [0.4, 0.5) is 0 Å². The van der Waals surface area contributed by atoms with Crippen molar-refractivity contribution in [1.82, 2.24) is 0 Å². The van der Waals surface area contributed by atoms with Gasteiger partial charge in [-0.25, -0.2) is 0 Å². The van der Waals surface area contributed by atoms with Crippen molar-refractivity contribution in [3.63, 3.8) is 0 Å². The van der Waals surface area contributed by atoms with Crippen molar-refractivity contribution in [2.75, 3.05) is 0 Å². The van der Waals surface area contributed by atoms with E-state index in [1.54, 1.807) is 30.3 Å². The third-order valence-electron chi connectivity index (χ3n) is 3.94. The number of rotatable bonds is 0. The summed E-state index contributed by atoms with van der Waals surface area (Å²) < 4.78 is 0. The van der Waals surface area contributed by atoms with Crippen LogP contribution in [-0.4, -0.2) is 11.6 Å². The van der Waals surface area contributed by atoms with E-state index >= 15 is 0 Å². The maximum Gasteiger partial charge on any atom is 0.194 e. The van der Waals surface area contributed by atoms with E-state index in [2.05, 4.69) is 25.3 Å². The predicted molar refractivity (Wildman–Crippen MR) is 91.8 cm³/mol. The van der Waals surface area contributed by atoms with Crippen molar-refractivity contribution in [1.29, 1.82) is 0 Å². The molecule has 0 amide bonds. The van der Waals surface area contributed by atoms with Crippen molar-refractivity contribution in [3.8, 4) is 0 Å². The summed E-state index contributed by atoms with van der Waals surface area (Å²) in [7, 11) is 0. The van der Waals surface area contributed by atoms with E-state index in [-0.39, 0.29) is 11.6 Å². The van der Waals surface area contributed by atoms with E-state index in [0.717, 1.165) is 15.7 Å². The summed E-state index contributed by atoms with van der Waals surface area (Å²) in [5, 5.41) is 1.82. The highest BCUT2D eigenvalue weighted by Gasteiger charge is 2.29. The van der Waals surface area contributed by atoms with Gasteiger partial charge < -0.3 is 0 Å². The number of carbonyl (C=O) groups excluding carboxylic acids is 2. The van der Waals surface area contributed by atoms with Crippen LogP contribution in [0.1, 0.15) is 31.8 Å². The van der Waals surface area contributed by atoms with E-state index in [4.69, 9.17) is 0 Å². The maximum absolute atomic E-state index is 12.7. The Morgan fingerprint density at radius 2 is 1.09 bits per heavy atom. The predicted octanol–water partition coefficient (Wildman–Crippen LogP) is 4.19. The highest BCUT2D eigenvalue weighted by molar-refractivity contribution is 7.80. The molecule has 3 aromatic carbocycles. The Bertz CT molecular complexity index is 990. The zero-order valence-corrected chi connectivity index (χ0v) is 13.1. The van der Waals surface area contributed by atoms with Crippen LogP contribution in [0.5, 0.6) is 0 Å². The molecule has 0 heterocycles. The highest BCUT2D eigenvalue weighted by Crippen LogP contribution is 2.32. The zero-order valence-electron chi connectivity index (χ0n) is 11.3. The molecule has 0 N–H and O–H groups in total. The minimum absolute atomic E-state index is 0.121. The van der Waals surface area contributed by atoms with Gasteiger partial charge in [0.2, 0.25) is 0 Å². The van der Waals surface area contributed by atoms with Gasteiger partial charge in [0.15, 0.2) is 11.6 Å². The molecule has 22 heavy (non-hydrogen) atoms. The normalized spacial score (nSPS) is 13.2. The van der Waals surface area contributed by atoms with Crippen molar-refractivity contribution >= 4 is 47.6 Å². The molecular formula is C18H10O2S2. The lowest BCUT2D eigenvalue weighted by Crippen LogP contribution is -2.20. The fraction of sp³-hybridized carbons (Fsp3) is 0. The summed E-state index contributed by atoms with van der Waals surface area (Å²) in [5.41, 5.74) is 1.78. The van der Waals surface area contributed by atoms with Crippen LogP contribution < -0.4 is 0 Å². The number of benzene rings is 3. The number of carbonyl (C=O) groups is 2. The number of thiol groups is 2. The van der Waals surface area contributed by atoms with Crippen LogP contribution in [0.15, 0.2) is 58.3 Å². The lowest BCUT2D eigenvalue weighted by atomic mass is 9.83. The van der Waals surface area contributed by atoms with Crippen LogP contribution in [0.25, 0.3) is 10.8 Å². The molecule has 0 aliphatic heterocycles. The molecule has 0 atom stereocenters. The third-order valence-corrected chi connectivity index (χ3v) is 4.50. The largest absolute Gasteiger partial charge is 0.289 e. The van der Waals surface area contributed by atoms with Crippen LogP contribution in [0, 0.1) is 0 Å². The Morgan fingerprint density at radius 1 is 0.545 bits per heavy atom. The monoisotopic (exact) mass is 322 g/mol. The molecule has 0 saturated carbocycles. The average molecular weight is 322 g/mol. The van der Waals surface area contributed by atoms with Crippen LogP contribution in [0.2, 0.25) is 0 Å². The summed E-state index contributed by atoms with van der Waals surface area (Å²) in [6.07, 6.45) is 0. The van der Waals surface area contributed by atoms with Gasteiger partial charge in [0.1, 0.15) is 0 Å². The Hall–Kier alpha value is -2.04. The summed E-state index contributed by atoms with van der Waals surface area (Å²) >= 11 is 8.58. The molecule has 0 spiro atoms. The Balaban J connectivity index is 2.04. The summed E-state index contributed by atoms with van der Waals surface area (Å²) in [5.74, 6) is -0.248. The van der Waals surface area contributed by atoms with E-state index in [0.29, 0.717) is 27.1 Å². The molecule has 0 unspecified atom stereocenters. The number of hydrogen-bond donors (Lipinski definition) is 2. The molecule has 4 rings (SSSR count). The summed E-state index contributed by atoms with van der Waals surface area (Å²) in [4.78, 5) is 26.9. The Kier molecular flexibility index (Phi) is 2.93. The second kappa shape index (κ2) is 4.73. The first kappa shape index (κ1) is 13.6. The van der Waals surface area contributed by atoms with Gasteiger partial charge in [0, 0.05) is 32.0 Å². The van der Waals surface area contributed by atoms with Gasteiger partial charge in [0.25, 0.3) is 0 Å². The standard InChI is InChI=1S/C18H10O2S2/c19-17-13-4-3-12(22)8-16(13)18(20)14-6-9-1-2-11(21)5-10(9)7-15(14)17/h1-8,21-22H. The zero-order chi connectivity index (χ0) is 15.4. The van der Waals surface area contributed by atoms with Crippen LogP contribution >= 0.6 is 25.3 Å². The van der Waals surface area contributed by atoms with Gasteiger partial charge in [-0.05, 0) is 53.2 Å². The third kappa shape index (κ3) is 1.91. The van der Waals surface area contributed by atoms with E-state index < -0.39 is 0 Å². The number of ketones is 2. The Morgan fingerprint density at radius 3 is 1.86 bits per heavy atom. The first-order valence-electron chi connectivity index (χ1n) is 6.74. The molecule has 1 aliphatic carbocycles. The fourth-order valence-electron chi connectivity index (χ4n) is 2.87. The second-order valence-corrected chi connectivity index (χ2v) is 6.35. The quantitative estimate of drug-likeness (QED) is 0.476. The molecule has 0 saturated heterocycles. The smallest absolute Gasteiger partial charge is 0.194 e. The minimum Gasteiger partial charge on any atom is -0.289 e. The van der Waals surface area contributed by atoms with Gasteiger partial charge in [-0.15, -0.1) is 25.3 Å². The Labute approximate surface area is 138 Å². The molecule has 0 bridgehead atoms. The number of hydrogen-bond acceptors (Lipinski definition) is 4. The van der Waals surface area contributed by atoms with Crippen molar-refractivity contribution in [2.24, 2.45) is 0 Å². The van der Waals surface area contributed by atoms with Crippen molar-refractivity contribution in [3.05, 3.63) is 70.8 Å². The summed E-state index contributed by atoms with van der Waals surface area (Å²) in [6.45, 7) is 0. The van der Waals surface area contributed by atoms with Gasteiger partial charge in [0.05, 0.1) is 0 Å². The first-order valence-corrected chi connectivity index (χ1v) is 7.63. The van der Waals surface area contributed by atoms with Crippen molar-refractivity contribution in [2.45, 2.75) is 9.79 Å². The molecule has 0 fully saturated rings. The van der Waals surface area contributed by atoms with E-state index in [1.807, 2.05) is 18.2 Å². The summed E-state index contributed by atoms with van der Waals surface area (Å²) in [6, 6.07) is 14.3. The molecule has 3 aromatic rings. The molecular weight excluding hydrogens is 312 g/mol. The molecule has 0 aromatic heterocycles. The van der Waals surface area contributed by atoms with Gasteiger partial charge >= 0.3 is 0 Å². The first-order chi connectivity index (χ1) is 10.5. The SMILES string of the molecule is O=C1c2cc(S)ccc2C(=O)c2cc3cc(S)ccc3cc21. The molecule has 1 aliphatic rings. The fourth-order valence-corrected chi connectivity index (χ4v) is 3.29. The molecule has 0 radical (unpaired) electrons. The minimum atomic E-state index is -0.127. The van der Waals surface area contributed by atoms with Gasteiger partial charge in [-0.1, -0.05) is 6.07 Å². The molecule has 2 nitrogen and oxygen atoms in total. The maximum atomic E-state index is 12.7. The average Bonchev–Trinajstić information content (AvgIpc) is 2.51. The lowest BCUT2D eigenvalue weighted by molar-refractivity contribution is 0.0979. The van der Waals surface area contributed by atoms with E-state index in [9.17, 15) is 9.59 Å². The van der Waals surface area contributed by atoms with Gasteiger partial charge in [-0.2, -0.15) is 0 Å².